The maximum absolute atomic E-state index is 12.7. The van der Waals surface area contributed by atoms with Crippen LogP contribution >= 0.6 is 0 Å². The van der Waals surface area contributed by atoms with Crippen LogP contribution < -0.4 is 5.32 Å². The SMILES string of the molecule is CCC(CNC(=O)c1cnn(C)c1C1CC1)(C(=O)O)c1ccccc1. The quantitative estimate of drug-likeness (QED) is 0.810. The molecule has 1 atom stereocenters. The molecule has 0 saturated heterocycles. The lowest BCUT2D eigenvalue weighted by molar-refractivity contribution is -0.143. The maximum atomic E-state index is 12.7. The number of hydrogen-bond donors (Lipinski definition) is 2. The molecule has 1 aromatic heterocycles. The zero-order chi connectivity index (χ0) is 18.0. The Hall–Kier alpha value is -2.63. The second-order valence-electron chi connectivity index (χ2n) is 6.63. The summed E-state index contributed by atoms with van der Waals surface area (Å²) in [5.41, 5.74) is 1.04. The minimum Gasteiger partial charge on any atom is -0.481 e. The van der Waals surface area contributed by atoms with Crippen LogP contribution in [0, 0.1) is 0 Å². The number of nitrogens with one attached hydrogen (secondary N) is 1. The molecule has 0 radical (unpaired) electrons. The highest BCUT2D eigenvalue weighted by molar-refractivity contribution is 5.96. The summed E-state index contributed by atoms with van der Waals surface area (Å²) < 4.78 is 1.74. The number of amides is 1. The Bertz CT molecular complexity index is 780. The van der Waals surface area contributed by atoms with E-state index in [0.717, 1.165) is 18.5 Å². The third-order valence-corrected chi connectivity index (χ3v) is 5.08. The van der Waals surface area contributed by atoms with Gasteiger partial charge in [-0.05, 0) is 24.8 Å². The van der Waals surface area contributed by atoms with Gasteiger partial charge in [-0.3, -0.25) is 14.3 Å². The van der Waals surface area contributed by atoms with E-state index in [4.69, 9.17) is 0 Å². The van der Waals surface area contributed by atoms with Gasteiger partial charge >= 0.3 is 5.97 Å². The molecule has 3 rings (SSSR count). The Kier molecular flexibility index (Phi) is 4.61. The molecule has 1 unspecified atom stereocenters. The van der Waals surface area contributed by atoms with E-state index in [2.05, 4.69) is 10.4 Å². The van der Waals surface area contributed by atoms with Gasteiger partial charge in [-0.25, -0.2) is 0 Å². The second kappa shape index (κ2) is 6.70. The van der Waals surface area contributed by atoms with E-state index in [1.807, 2.05) is 32.2 Å². The zero-order valence-electron chi connectivity index (χ0n) is 14.5. The summed E-state index contributed by atoms with van der Waals surface area (Å²) in [5, 5.41) is 16.9. The Labute approximate surface area is 146 Å². The van der Waals surface area contributed by atoms with E-state index in [-0.39, 0.29) is 12.5 Å². The highest BCUT2D eigenvalue weighted by Crippen LogP contribution is 2.41. The van der Waals surface area contributed by atoms with Gasteiger partial charge in [-0.2, -0.15) is 5.10 Å². The topological polar surface area (TPSA) is 84.2 Å². The maximum Gasteiger partial charge on any atom is 0.315 e. The molecule has 0 spiro atoms. The summed E-state index contributed by atoms with van der Waals surface area (Å²) in [6.45, 7) is 1.87. The van der Waals surface area contributed by atoms with Crippen LogP contribution in [-0.2, 0) is 17.3 Å². The van der Waals surface area contributed by atoms with Crippen molar-refractivity contribution in [1.29, 1.82) is 0 Å². The van der Waals surface area contributed by atoms with Crippen LogP contribution in [0.25, 0.3) is 0 Å². The van der Waals surface area contributed by atoms with Gasteiger partial charge in [0.05, 0.1) is 17.5 Å². The zero-order valence-corrected chi connectivity index (χ0v) is 14.5. The number of aromatic nitrogens is 2. The van der Waals surface area contributed by atoms with Crippen molar-refractivity contribution in [2.45, 2.75) is 37.5 Å². The van der Waals surface area contributed by atoms with Gasteiger partial charge in [0.25, 0.3) is 5.91 Å². The summed E-state index contributed by atoms with van der Waals surface area (Å²) in [6.07, 6.45) is 4.09. The molecule has 0 aliphatic heterocycles. The highest BCUT2D eigenvalue weighted by Gasteiger charge is 2.39. The Balaban J connectivity index is 1.82. The highest BCUT2D eigenvalue weighted by atomic mass is 16.4. The lowest BCUT2D eigenvalue weighted by atomic mass is 9.78. The van der Waals surface area contributed by atoms with Gasteiger partial charge in [0.1, 0.15) is 5.41 Å². The van der Waals surface area contributed by atoms with Crippen molar-refractivity contribution in [3.63, 3.8) is 0 Å². The number of carbonyl (C=O) groups is 2. The number of carboxylic acid groups (broad SMARTS) is 1. The van der Waals surface area contributed by atoms with Crippen molar-refractivity contribution in [2.24, 2.45) is 7.05 Å². The molecule has 1 aliphatic rings. The summed E-state index contributed by atoms with van der Waals surface area (Å²) in [5.74, 6) is -0.808. The van der Waals surface area contributed by atoms with Crippen LogP contribution in [0.1, 0.15) is 53.7 Å². The fourth-order valence-corrected chi connectivity index (χ4v) is 3.33. The fraction of sp³-hybridized carbons (Fsp3) is 0.421. The van der Waals surface area contributed by atoms with Gasteiger partial charge in [0.2, 0.25) is 0 Å². The first-order valence-electron chi connectivity index (χ1n) is 8.58. The Morgan fingerprint density at radius 3 is 2.56 bits per heavy atom. The monoisotopic (exact) mass is 341 g/mol. The molecule has 1 saturated carbocycles. The van der Waals surface area contributed by atoms with E-state index in [0.29, 0.717) is 23.5 Å². The van der Waals surface area contributed by atoms with Crippen molar-refractivity contribution >= 4 is 11.9 Å². The van der Waals surface area contributed by atoms with Crippen LogP contribution in [0.4, 0.5) is 0 Å². The molecular formula is C19H23N3O3. The van der Waals surface area contributed by atoms with Gasteiger partial charge < -0.3 is 10.4 Å². The minimum atomic E-state index is -1.14. The Morgan fingerprint density at radius 1 is 1.32 bits per heavy atom. The van der Waals surface area contributed by atoms with Crippen LogP contribution in [0.5, 0.6) is 0 Å². The number of benzene rings is 1. The molecule has 132 valence electrons. The number of hydrogen-bond acceptors (Lipinski definition) is 3. The number of carbonyl (C=O) groups excluding carboxylic acids is 1. The molecule has 2 N–H and O–H groups in total. The third-order valence-electron chi connectivity index (χ3n) is 5.08. The number of rotatable bonds is 7. The van der Waals surface area contributed by atoms with E-state index >= 15 is 0 Å². The average molecular weight is 341 g/mol. The van der Waals surface area contributed by atoms with Gasteiger partial charge in [0, 0.05) is 19.5 Å². The molecule has 1 fully saturated rings. The molecule has 1 amide bonds. The summed E-state index contributed by atoms with van der Waals surface area (Å²) in [7, 11) is 1.84. The summed E-state index contributed by atoms with van der Waals surface area (Å²) in [4.78, 5) is 24.7. The number of nitrogens with zero attached hydrogens (tertiary/aromatic N) is 2. The molecule has 0 bridgehead atoms. The van der Waals surface area contributed by atoms with E-state index in [1.54, 1.807) is 23.0 Å². The number of aryl methyl sites for hydroxylation is 1. The lowest BCUT2D eigenvalue weighted by Crippen LogP contribution is -2.46. The average Bonchev–Trinajstić information content (AvgIpc) is 3.38. The Morgan fingerprint density at radius 2 is 2.00 bits per heavy atom. The number of carboxylic acids is 1. The molecule has 1 heterocycles. The molecule has 1 aliphatic carbocycles. The third kappa shape index (κ3) is 3.16. The van der Waals surface area contributed by atoms with Crippen LogP contribution in [0.3, 0.4) is 0 Å². The predicted molar refractivity (Wildman–Crippen MR) is 93.6 cm³/mol. The minimum absolute atomic E-state index is 0.0423. The molecular weight excluding hydrogens is 318 g/mol. The predicted octanol–water partition coefficient (Wildman–Crippen LogP) is 2.46. The summed E-state index contributed by atoms with van der Waals surface area (Å²) >= 11 is 0. The van der Waals surface area contributed by atoms with Crippen LogP contribution in [0.15, 0.2) is 36.5 Å². The largest absolute Gasteiger partial charge is 0.481 e. The normalized spacial score (nSPS) is 16.2. The molecule has 6 heteroatoms. The molecule has 25 heavy (non-hydrogen) atoms. The first kappa shape index (κ1) is 17.2. The molecule has 6 nitrogen and oxygen atoms in total. The fourth-order valence-electron chi connectivity index (χ4n) is 3.33. The van der Waals surface area contributed by atoms with Crippen molar-refractivity contribution in [1.82, 2.24) is 15.1 Å². The van der Waals surface area contributed by atoms with Gasteiger partial charge in [0.15, 0.2) is 0 Å². The first-order chi connectivity index (χ1) is 12.0. The van der Waals surface area contributed by atoms with Crippen LogP contribution in [-0.4, -0.2) is 33.3 Å². The second-order valence-corrected chi connectivity index (χ2v) is 6.63. The van der Waals surface area contributed by atoms with E-state index in [9.17, 15) is 14.7 Å². The molecule has 2 aromatic rings. The lowest BCUT2D eigenvalue weighted by Gasteiger charge is -2.29. The van der Waals surface area contributed by atoms with Crippen molar-refractivity contribution in [3.8, 4) is 0 Å². The first-order valence-corrected chi connectivity index (χ1v) is 8.58. The number of aliphatic carboxylic acids is 1. The van der Waals surface area contributed by atoms with E-state index in [1.165, 1.54) is 0 Å². The van der Waals surface area contributed by atoms with E-state index < -0.39 is 11.4 Å². The summed E-state index contributed by atoms with van der Waals surface area (Å²) in [6, 6.07) is 9.07. The van der Waals surface area contributed by atoms with Crippen molar-refractivity contribution < 1.29 is 14.7 Å². The standard InChI is InChI=1S/C19H23N3O3/c1-3-19(18(24)25,14-7-5-4-6-8-14)12-20-17(23)15-11-21-22(2)16(15)13-9-10-13/h4-8,11,13H,3,9-10,12H2,1-2H3,(H,20,23)(H,24,25). The smallest absolute Gasteiger partial charge is 0.315 e. The van der Waals surface area contributed by atoms with Crippen molar-refractivity contribution in [3.05, 3.63) is 53.3 Å². The van der Waals surface area contributed by atoms with Crippen LogP contribution in [0.2, 0.25) is 0 Å². The van der Waals surface area contributed by atoms with Gasteiger partial charge in [-0.15, -0.1) is 0 Å². The van der Waals surface area contributed by atoms with Gasteiger partial charge in [-0.1, -0.05) is 37.3 Å². The molecule has 1 aromatic carbocycles. The van der Waals surface area contributed by atoms with Crippen molar-refractivity contribution in [2.75, 3.05) is 6.54 Å².